The van der Waals surface area contributed by atoms with Gasteiger partial charge >= 0.3 is 0 Å². The third-order valence-electron chi connectivity index (χ3n) is 2.97. The minimum Gasteiger partial charge on any atom is -0.496 e. The molecule has 0 radical (unpaired) electrons. The molecule has 0 atom stereocenters. The Morgan fingerprint density at radius 1 is 1.36 bits per heavy atom. The van der Waals surface area contributed by atoms with Crippen molar-refractivity contribution in [3.8, 4) is 5.75 Å². The molecule has 0 spiro atoms. The molecule has 0 bridgehead atoms. The number of thiocarbonyl (C=S) groups is 1. The van der Waals surface area contributed by atoms with E-state index in [4.69, 9.17) is 21.7 Å². The molecule has 2 N–H and O–H groups in total. The Kier molecular flexibility index (Phi) is 7.62. The van der Waals surface area contributed by atoms with Crippen LogP contribution in [0.15, 0.2) is 18.2 Å². The van der Waals surface area contributed by atoms with Crippen molar-refractivity contribution < 1.29 is 14.3 Å². The molecule has 1 aromatic rings. The highest BCUT2D eigenvalue weighted by Crippen LogP contribution is 2.19. The molecule has 1 amide bonds. The molecular formula is C15H23N3O3S. The summed E-state index contributed by atoms with van der Waals surface area (Å²) < 4.78 is 10.2. The molecule has 0 aromatic heterocycles. The molecule has 0 saturated carbocycles. The Bertz CT molecular complexity index is 523. The SMILES string of the molecule is COCCCNC(=S)N(C)NC(=O)c1cc(C)ccc1OC. The van der Waals surface area contributed by atoms with E-state index in [1.54, 1.807) is 26.3 Å². The topological polar surface area (TPSA) is 62.8 Å². The number of ether oxygens (including phenoxy) is 2. The number of rotatable bonds is 6. The predicted molar refractivity (Wildman–Crippen MR) is 90.1 cm³/mol. The van der Waals surface area contributed by atoms with E-state index in [2.05, 4.69) is 10.7 Å². The molecule has 0 heterocycles. The Morgan fingerprint density at radius 3 is 2.73 bits per heavy atom. The lowest BCUT2D eigenvalue weighted by Gasteiger charge is -2.22. The number of methoxy groups -OCH3 is 2. The van der Waals surface area contributed by atoms with Crippen molar-refractivity contribution in [2.24, 2.45) is 0 Å². The Balaban J connectivity index is 2.60. The summed E-state index contributed by atoms with van der Waals surface area (Å²) in [5.74, 6) is 0.250. The summed E-state index contributed by atoms with van der Waals surface area (Å²) >= 11 is 5.21. The lowest BCUT2D eigenvalue weighted by molar-refractivity contribution is 0.0883. The lowest BCUT2D eigenvalue weighted by Crippen LogP contribution is -2.48. The summed E-state index contributed by atoms with van der Waals surface area (Å²) in [4.78, 5) is 12.3. The third-order valence-corrected chi connectivity index (χ3v) is 3.39. The van der Waals surface area contributed by atoms with Gasteiger partial charge in [0.05, 0.1) is 12.7 Å². The van der Waals surface area contributed by atoms with Gasteiger partial charge in [0, 0.05) is 27.3 Å². The fourth-order valence-electron chi connectivity index (χ4n) is 1.79. The summed E-state index contributed by atoms with van der Waals surface area (Å²) in [5, 5.41) is 4.96. The minimum absolute atomic E-state index is 0.274. The number of nitrogens with one attached hydrogen (secondary N) is 2. The highest BCUT2D eigenvalue weighted by molar-refractivity contribution is 7.80. The average molecular weight is 325 g/mol. The number of carbonyl (C=O) groups excluding carboxylic acids is 1. The van der Waals surface area contributed by atoms with Crippen LogP contribution in [-0.4, -0.2) is 50.4 Å². The number of benzene rings is 1. The Hall–Kier alpha value is -1.86. The maximum absolute atomic E-state index is 12.3. The predicted octanol–water partition coefficient (Wildman–Crippen LogP) is 1.49. The third kappa shape index (κ3) is 5.50. The normalized spacial score (nSPS) is 10.0. The van der Waals surface area contributed by atoms with Gasteiger partial charge in [-0.1, -0.05) is 11.6 Å². The van der Waals surface area contributed by atoms with Crippen molar-refractivity contribution in [2.75, 3.05) is 34.4 Å². The van der Waals surface area contributed by atoms with E-state index in [9.17, 15) is 4.79 Å². The van der Waals surface area contributed by atoms with Gasteiger partial charge in [0.15, 0.2) is 5.11 Å². The Labute approximate surface area is 136 Å². The van der Waals surface area contributed by atoms with E-state index in [1.807, 2.05) is 13.0 Å². The molecular weight excluding hydrogens is 302 g/mol. The first-order valence-electron chi connectivity index (χ1n) is 6.95. The second kappa shape index (κ2) is 9.22. The van der Waals surface area contributed by atoms with Gasteiger partial charge in [-0.05, 0) is 37.7 Å². The van der Waals surface area contributed by atoms with Crippen LogP contribution in [0.1, 0.15) is 22.3 Å². The highest BCUT2D eigenvalue weighted by Gasteiger charge is 2.15. The molecule has 0 aliphatic carbocycles. The molecule has 0 saturated heterocycles. The largest absolute Gasteiger partial charge is 0.496 e. The van der Waals surface area contributed by atoms with Crippen LogP contribution >= 0.6 is 12.2 Å². The van der Waals surface area contributed by atoms with Crippen LogP contribution in [0.3, 0.4) is 0 Å². The Morgan fingerprint density at radius 2 is 2.09 bits per heavy atom. The van der Waals surface area contributed by atoms with Gasteiger partial charge in [0.2, 0.25) is 0 Å². The first kappa shape index (κ1) is 18.2. The second-order valence-electron chi connectivity index (χ2n) is 4.78. The summed E-state index contributed by atoms with van der Waals surface area (Å²) in [6.07, 6.45) is 0.837. The first-order chi connectivity index (χ1) is 10.5. The van der Waals surface area contributed by atoms with Crippen molar-refractivity contribution in [1.82, 2.24) is 15.8 Å². The standard InChI is InChI=1S/C15H23N3O3S/c1-11-6-7-13(21-4)12(10-11)14(19)17-18(2)15(22)16-8-5-9-20-3/h6-7,10H,5,8-9H2,1-4H3,(H,16,22)(H,17,19). The smallest absolute Gasteiger partial charge is 0.273 e. The van der Waals surface area contributed by atoms with Gasteiger partial charge in [0.1, 0.15) is 5.75 Å². The van der Waals surface area contributed by atoms with Gasteiger partial charge < -0.3 is 14.8 Å². The van der Waals surface area contributed by atoms with Crippen LogP contribution in [-0.2, 0) is 4.74 Å². The van der Waals surface area contributed by atoms with Crippen LogP contribution in [0.4, 0.5) is 0 Å². The molecule has 0 aliphatic heterocycles. The molecule has 22 heavy (non-hydrogen) atoms. The van der Waals surface area contributed by atoms with E-state index >= 15 is 0 Å². The van der Waals surface area contributed by atoms with Crippen LogP contribution in [0.5, 0.6) is 5.75 Å². The van der Waals surface area contributed by atoms with Gasteiger partial charge in [-0.3, -0.25) is 15.2 Å². The van der Waals surface area contributed by atoms with Crippen LogP contribution < -0.4 is 15.5 Å². The summed E-state index contributed by atoms with van der Waals surface area (Å²) in [7, 11) is 4.87. The zero-order valence-corrected chi connectivity index (χ0v) is 14.3. The fourth-order valence-corrected chi connectivity index (χ4v) is 1.94. The number of hydrogen-bond donors (Lipinski definition) is 2. The second-order valence-corrected chi connectivity index (χ2v) is 5.17. The van der Waals surface area contributed by atoms with E-state index in [0.29, 0.717) is 29.6 Å². The molecule has 122 valence electrons. The molecule has 6 nitrogen and oxygen atoms in total. The van der Waals surface area contributed by atoms with Crippen LogP contribution in [0.2, 0.25) is 0 Å². The fraction of sp³-hybridized carbons (Fsp3) is 0.467. The van der Waals surface area contributed by atoms with E-state index in [1.165, 1.54) is 12.1 Å². The molecule has 7 heteroatoms. The first-order valence-corrected chi connectivity index (χ1v) is 7.36. The molecule has 1 aromatic carbocycles. The van der Waals surface area contributed by atoms with Gasteiger partial charge in [-0.15, -0.1) is 0 Å². The van der Waals surface area contributed by atoms with Crippen LogP contribution in [0.25, 0.3) is 0 Å². The number of hydrogen-bond acceptors (Lipinski definition) is 4. The van der Waals surface area contributed by atoms with Gasteiger partial charge in [0.25, 0.3) is 5.91 Å². The van der Waals surface area contributed by atoms with Crippen molar-refractivity contribution in [1.29, 1.82) is 0 Å². The van der Waals surface area contributed by atoms with Crippen molar-refractivity contribution in [3.05, 3.63) is 29.3 Å². The average Bonchev–Trinajstić information content (AvgIpc) is 2.51. The zero-order valence-electron chi connectivity index (χ0n) is 13.4. The highest BCUT2D eigenvalue weighted by atomic mass is 32.1. The van der Waals surface area contributed by atoms with Crippen molar-refractivity contribution >= 4 is 23.2 Å². The number of aryl methyl sites for hydroxylation is 1. The number of hydrazine groups is 1. The number of carbonyl (C=O) groups is 1. The number of nitrogens with zero attached hydrogens (tertiary/aromatic N) is 1. The lowest BCUT2D eigenvalue weighted by atomic mass is 10.1. The van der Waals surface area contributed by atoms with Crippen LogP contribution in [0, 0.1) is 6.92 Å². The molecule has 0 unspecified atom stereocenters. The summed E-state index contributed by atoms with van der Waals surface area (Å²) in [6.45, 7) is 3.26. The maximum atomic E-state index is 12.3. The molecule has 0 aliphatic rings. The summed E-state index contributed by atoms with van der Waals surface area (Å²) in [5.41, 5.74) is 4.17. The molecule has 0 fully saturated rings. The van der Waals surface area contributed by atoms with Crippen molar-refractivity contribution in [3.63, 3.8) is 0 Å². The van der Waals surface area contributed by atoms with Gasteiger partial charge in [-0.25, -0.2) is 0 Å². The zero-order chi connectivity index (χ0) is 16.5. The van der Waals surface area contributed by atoms with Gasteiger partial charge in [-0.2, -0.15) is 0 Å². The maximum Gasteiger partial charge on any atom is 0.273 e. The van der Waals surface area contributed by atoms with E-state index in [-0.39, 0.29) is 5.91 Å². The number of amides is 1. The summed E-state index contributed by atoms with van der Waals surface area (Å²) in [6, 6.07) is 5.43. The van der Waals surface area contributed by atoms with E-state index < -0.39 is 0 Å². The van der Waals surface area contributed by atoms with Crippen molar-refractivity contribution in [2.45, 2.75) is 13.3 Å². The van der Waals surface area contributed by atoms with E-state index in [0.717, 1.165) is 12.0 Å². The monoisotopic (exact) mass is 325 g/mol. The minimum atomic E-state index is -0.274. The quantitative estimate of drug-likeness (QED) is 0.469. The molecule has 1 rings (SSSR count).